The van der Waals surface area contributed by atoms with E-state index in [1.54, 1.807) is 24.4 Å². The van der Waals surface area contributed by atoms with Gasteiger partial charge in [-0.1, -0.05) is 11.2 Å². The molecule has 2 heterocycles. The van der Waals surface area contributed by atoms with Crippen molar-refractivity contribution in [3.63, 3.8) is 0 Å². The Morgan fingerprint density at radius 2 is 1.75 bits per heavy atom. The Morgan fingerprint density at radius 3 is 2.42 bits per heavy atom. The molecule has 3 aromatic rings. The van der Waals surface area contributed by atoms with Gasteiger partial charge in [-0.2, -0.15) is 0 Å². The number of hydrogen-bond donors (Lipinski definition) is 2. The minimum absolute atomic E-state index is 0.264. The molecule has 0 aliphatic heterocycles. The molecule has 2 aromatic heterocycles. The standard InChI is InChI=1S/C18H18N4O2/c1-11-6-12(2)8-15(7-11)21-18(23)16-10-14(4-5-19-16)20-17-9-13(3)24-22-17/h4-10H,1-3H3,(H,21,23)(H,19,20,22). The molecule has 0 bridgehead atoms. The van der Waals surface area contributed by atoms with Crippen LogP contribution in [0.4, 0.5) is 17.2 Å². The lowest BCUT2D eigenvalue weighted by molar-refractivity contribution is 0.102. The number of amides is 1. The summed E-state index contributed by atoms with van der Waals surface area (Å²) in [5.41, 5.74) is 3.97. The average Bonchev–Trinajstić information content (AvgIpc) is 2.91. The molecule has 0 aliphatic rings. The Balaban J connectivity index is 1.76. The number of benzene rings is 1. The molecule has 122 valence electrons. The molecule has 0 aliphatic carbocycles. The van der Waals surface area contributed by atoms with Gasteiger partial charge < -0.3 is 15.2 Å². The van der Waals surface area contributed by atoms with Gasteiger partial charge in [0.2, 0.25) is 0 Å². The summed E-state index contributed by atoms with van der Waals surface area (Å²) < 4.78 is 5.01. The van der Waals surface area contributed by atoms with E-state index in [4.69, 9.17) is 4.52 Å². The normalized spacial score (nSPS) is 10.5. The average molecular weight is 322 g/mol. The van der Waals surface area contributed by atoms with Crippen LogP contribution in [0.1, 0.15) is 27.4 Å². The predicted molar refractivity (Wildman–Crippen MR) is 92.6 cm³/mol. The molecule has 1 aromatic carbocycles. The number of aryl methyl sites for hydroxylation is 3. The summed E-state index contributed by atoms with van der Waals surface area (Å²) in [6, 6.07) is 11.1. The lowest BCUT2D eigenvalue weighted by atomic mass is 10.1. The van der Waals surface area contributed by atoms with E-state index >= 15 is 0 Å². The Morgan fingerprint density at radius 1 is 1.00 bits per heavy atom. The van der Waals surface area contributed by atoms with Crippen LogP contribution in [-0.4, -0.2) is 16.0 Å². The van der Waals surface area contributed by atoms with Gasteiger partial charge in [0.25, 0.3) is 5.91 Å². The van der Waals surface area contributed by atoms with E-state index in [-0.39, 0.29) is 5.91 Å². The molecule has 6 nitrogen and oxygen atoms in total. The number of hydrogen-bond acceptors (Lipinski definition) is 5. The van der Waals surface area contributed by atoms with E-state index < -0.39 is 0 Å². The van der Waals surface area contributed by atoms with E-state index in [9.17, 15) is 4.79 Å². The summed E-state index contributed by atoms with van der Waals surface area (Å²) in [6.45, 7) is 5.80. The first-order valence-corrected chi connectivity index (χ1v) is 7.55. The highest BCUT2D eigenvalue weighted by Gasteiger charge is 2.10. The van der Waals surface area contributed by atoms with Crippen LogP contribution in [0.2, 0.25) is 0 Å². The van der Waals surface area contributed by atoms with Crippen LogP contribution in [0, 0.1) is 20.8 Å². The topological polar surface area (TPSA) is 80.0 Å². The number of nitrogens with one attached hydrogen (secondary N) is 2. The third-order valence-electron chi connectivity index (χ3n) is 3.37. The summed E-state index contributed by atoms with van der Waals surface area (Å²) in [6.07, 6.45) is 1.58. The Labute approximate surface area is 139 Å². The first-order chi connectivity index (χ1) is 11.5. The fraction of sp³-hybridized carbons (Fsp3) is 0.167. The van der Waals surface area contributed by atoms with Crippen LogP contribution in [0.25, 0.3) is 0 Å². The van der Waals surface area contributed by atoms with Gasteiger partial charge >= 0.3 is 0 Å². The smallest absolute Gasteiger partial charge is 0.274 e. The lowest BCUT2D eigenvalue weighted by Crippen LogP contribution is -2.14. The third-order valence-corrected chi connectivity index (χ3v) is 3.37. The van der Waals surface area contributed by atoms with Crippen molar-refractivity contribution in [3.8, 4) is 0 Å². The fourth-order valence-corrected chi connectivity index (χ4v) is 2.45. The van der Waals surface area contributed by atoms with Gasteiger partial charge in [0.05, 0.1) is 0 Å². The minimum Gasteiger partial charge on any atom is -0.360 e. The van der Waals surface area contributed by atoms with E-state index in [1.165, 1.54) is 0 Å². The molecule has 0 atom stereocenters. The summed E-state index contributed by atoms with van der Waals surface area (Å²) >= 11 is 0. The summed E-state index contributed by atoms with van der Waals surface area (Å²) in [5, 5.41) is 9.81. The lowest BCUT2D eigenvalue weighted by Gasteiger charge is -2.08. The maximum absolute atomic E-state index is 12.4. The molecular weight excluding hydrogens is 304 g/mol. The van der Waals surface area contributed by atoms with Crippen LogP contribution in [-0.2, 0) is 0 Å². The third kappa shape index (κ3) is 3.78. The molecule has 6 heteroatoms. The molecular formula is C18H18N4O2. The van der Waals surface area contributed by atoms with Crippen LogP contribution in [0.15, 0.2) is 47.1 Å². The van der Waals surface area contributed by atoms with Gasteiger partial charge in [-0.3, -0.25) is 9.78 Å². The van der Waals surface area contributed by atoms with Crippen molar-refractivity contribution < 1.29 is 9.32 Å². The Kier molecular flexibility index (Phi) is 4.29. The second-order valence-electron chi connectivity index (χ2n) is 5.71. The van der Waals surface area contributed by atoms with Gasteiger partial charge in [0.1, 0.15) is 11.5 Å². The molecule has 0 unspecified atom stereocenters. The number of carbonyl (C=O) groups is 1. The molecule has 0 saturated heterocycles. The van der Waals surface area contributed by atoms with Crippen molar-refractivity contribution in [3.05, 3.63) is 65.2 Å². The van der Waals surface area contributed by atoms with Gasteiger partial charge in [-0.15, -0.1) is 0 Å². The first-order valence-electron chi connectivity index (χ1n) is 7.55. The number of aromatic nitrogens is 2. The van der Waals surface area contributed by atoms with Crippen molar-refractivity contribution in [1.29, 1.82) is 0 Å². The second-order valence-corrected chi connectivity index (χ2v) is 5.71. The largest absolute Gasteiger partial charge is 0.360 e. The zero-order valence-electron chi connectivity index (χ0n) is 13.8. The molecule has 3 rings (SSSR count). The van der Waals surface area contributed by atoms with Crippen molar-refractivity contribution in [2.75, 3.05) is 10.6 Å². The maximum Gasteiger partial charge on any atom is 0.274 e. The zero-order valence-corrected chi connectivity index (χ0v) is 13.8. The number of nitrogens with zero attached hydrogens (tertiary/aromatic N) is 2. The summed E-state index contributed by atoms with van der Waals surface area (Å²) in [7, 11) is 0. The number of pyridine rings is 1. The van der Waals surface area contributed by atoms with Gasteiger partial charge in [-0.25, -0.2) is 0 Å². The minimum atomic E-state index is -0.264. The predicted octanol–water partition coefficient (Wildman–Crippen LogP) is 3.99. The van der Waals surface area contributed by atoms with Crippen LogP contribution in [0.3, 0.4) is 0 Å². The quantitative estimate of drug-likeness (QED) is 0.759. The first kappa shape index (κ1) is 15.7. The van der Waals surface area contributed by atoms with Gasteiger partial charge in [0.15, 0.2) is 5.82 Å². The van der Waals surface area contributed by atoms with Gasteiger partial charge in [0, 0.05) is 23.6 Å². The Hall–Kier alpha value is -3.15. The van der Waals surface area contributed by atoms with E-state index in [0.717, 1.165) is 16.8 Å². The molecule has 24 heavy (non-hydrogen) atoms. The molecule has 2 N–H and O–H groups in total. The Bertz CT molecular complexity index is 866. The molecule has 0 radical (unpaired) electrons. The molecule has 0 fully saturated rings. The van der Waals surface area contributed by atoms with Crippen LogP contribution >= 0.6 is 0 Å². The fourth-order valence-electron chi connectivity index (χ4n) is 2.45. The van der Waals surface area contributed by atoms with Crippen molar-refractivity contribution >= 4 is 23.1 Å². The second kappa shape index (κ2) is 6.54. The van der Waals surface area contributed by atoms with Crippen LogP contribution < -0.4 is 10.6 Å². The zero-order chi connectivity index (χ0) is 17.1. The highest BCUT2D eigenvalue weighted by atomic mass is 16.5. The van der Waals surface area contributed by atoms with Crippen molar-refractivity contribution in [2.24, 2.45) is 0 Å². The van der Waals surface area contributed by atoms with E-state index in [1.807, 2.05) is 32.9 Å². The highest BCUT2D eigenvalue weighted by Crippen LogP contribution is 2.18. The summed E-state index contributed by atoms with van der Waals surface area (Å²) in [4.78, 5) is 16.5. The van der Waals surface area contributed by atoms with Crippen LogP contribution in [0.5, 0.6) is 0 Å². The summed E-state index contributed by atoms with van der Waals surface area (Å²) in [5.74, 6) is 1.03. The number of carbonyl (C=O) groups excluding carboxylic acids is 1. The van der Waals surface area contributed by atoms with Gasteiger partial charge in [-0.05, 0) is 56.2 Å². The molecule has 0 saturated carbocycles. The highest BCUT2D eigenvalue weighted by molar-refractivity contribution is 6.03. The molecule has 0 spiro atoms. The van der Waals surface area contributed by atoms with E-state index in [0.29, 0.717) is 23.0 Å². The monoisotopic (exact) mass is 322 g/mol. The van der Waals surface area contributed by atoms with E-state index in [2.05, 4.69) is 26.8 Å². The number of anilines is 3. The SMILES string of the molecule is Cc1cc(C)cc(NC(=O)c2cc(Nc3cc(C)on3)ccn2)c1. The van der Waals surface area contributed by atoms with Crippen molar-refractivity contribution in [1.82, 2.24) is 10.1 Å². The maximum atomic E-state index is 12.4. The molecule has 1 amide bonds. The van der Waals surface area contributed by atoms with Crippen molar-refractivity contribution in [2.45, 2.75) is 20.8 Å². The number of rotatable bonds is 4.